The first-order valence-electron chi connectivity index (χ1n) is 7.01. The van der Waals surface area contributed by atoms with Crippen molar-refractivity contribution in [2.75, 3.05) is 6.61 Å². The molecule has 1 aliphatic rings. The lowest BCUT2D eigenvalue weighted by atomic mass is 10.2. The van der Waals surface area contributed by atoms with Gasteiger partial charge in [0.05, 0.1) is 23.6 Å². The van der Waals surface area contributed by atoms with E-state index in [0.29, 0.717) is 6.54 Å². The van der Waals surface area contributed by atoms with Gasteiger partial charge in [0.1, 0.15) is 5.82 Å². The minimum absolute atomic E-state index is 0.110. The summed E-state index contributed by atoms with van der Waals surface area (Å²) in [7, 11) is 0. The van der Waals surface area contributed by atoms with Gasteiger partial charge in [0.2, 0.25) is 0 Å². The van der Waals surface area contributed by atoms with Crippen LogP contribution in [0.4, 0.5) is 0 Å². The number of aryl methyl sites for hydroxylation is 1. The summed E-state index contributed by atoms with van der Waals surface area (Å²) in [5.41, 5.74) is 1.92. The second-order valence-corrected chi connectivity index (χ2v) is 5.15. The molecule has 0 spiro atoms. The molecule has 1 N–H and O–H groups in total. The highest BCUT2D eigenvalue weighted by molar-refractivity contribution is 5.76. The zero-order valence-corrected chi connectivity index (χ0v) is 11.3. The first-order valence-corrected chi connectivity index (χ1v) is 7.01. The molecule has 20 heavy (non-hydrogen) atoms. The Bertz CT molecular complexity index is 615. The Morgan fingerprint density at radius 1 is 1.45 bits per heavy atom. The van der Waals surface area contributed by atoms with E-state index in [0.717, 1.165) is 42.7 Å². The number of hydrogen-bond acceptors (Lipinski definition) is 3. The van der Waals surface area contributed by atoms with Gasteiger partial charge in [-0.05, 0) is 25.0 Å². The Kier molecular flexibility index (Phi) is 3.69. The molecule has 5 nitrogen and oxygen atoms in total. The highest BCUT2D eigenvalue weighted by Gasteiger charge is 2.20. The van der Waals surface area contributed by atoms with Crippen LogP contribution in [0.15, 0.2) is 24.3 Å². The molecule has 1 unspecified atom stereocenters. The van der Waals surface area contributed by atoms with Crippen LogP contribution < -0.4 is 0 Å². The number of nitrogens with zero attached hydrogens (tertiary/aromatic N) is 2. The van der Waals surface area contributed by atoms with Crippen molar-refractivity contribution in [1.82, 2.24) is 9.55 Å². The molecule has 2 heterocycles. The first kappa shape index (κ1) is 13.1. The first-order chi connectivity index (χ1) is 9.74. The maximum Gasteiger partial charge on any atom is 0.305 e. The Morgan fingerprint density at radius 2 is 2.30 bits per heavy atom. The van der Waals surface area contributed by atoms with Crippen LogP contribution in [0.3, 0.4) is 0 Å². The number of hydrogen-bond donors (Lipinski definition) is 1. The largest absolute Gasteiger partial charge is 0.481 e. The van der Waals surface area contributed by atoms with Crippen LogP contribution in [-0.2, 0) is 22.5 Å². The Balaban J connectivity index is 1.91. The van der Waals surface area contributed by atoms with Crippen molar-refractivity contribution in [3.8, 4) is 0 Å². The fourth-order valence-corrected chi connectivity index (χ4v) is 2.75. The molecule has 0 radical (unpaired) electrons. The Hall–Kier alpha value is -1.88. The Morgan fingerprint density at radius 3 is 3.05 bits per heavy atom. The number of imidazole rings is 1. The maximum atomic E-state index is 10.8. The topological polar surface area (TPSA) is 64.3 Å². The molecule has 0 saturated carbocycles. The maximum absolute atomic E-state index is 10.8. The molecule has 106 valence electrons. The molecule has 1 aromatic carbocycles. The lowest BCUT2D eigenvalue weighted by molar-refractivity contribution is -0.137. The van der Waals surface area contributed by atoms with E-state index in [-0.39, 0.29) is 12.5 Å². The summed E-state index contributed by atoms with van der Waals surface area (Å²) < 4.78 is 7.68. The summed E-state index contributed by atoms with van der Waals surface area (Å²) in [4.78, 5) is 15.5. The average molecular weight is 274 g/mol. The molecular weight excluding hydrogens is 256 g/mol. The molecule has 1 fully saturated rings. The third-order valence-corrected chi connectivity index (χ3v) is 3.72. The second-order valence-electron chi connectivity index (χ2n) is 5.15. The van der Waals surface area contributed by atoms with Gasteiger partial charge in [-0.1, -0.05) is 12.1 Å². The number of ether oxygens (including phenoxy) is 1. The van der Waals surface area contributed by atoms with Crippen molar-refractivity contribution >= 4 is 17.0 Å². The number of fused-ring (bicyclic) bond motifs is 1. The van der Waals surface area contributed by atoms with E-state index < -0.39 is 5.97 Å². The van der Waals surface area contributed by atoms with Crippen LogP contribution in [0, 0.1) is 0 Å². The van der Waals surface area contributed by atoms with E-state index in [9.17, 15) is 4.79 Å². The number of aromatic nitrogens is 2. The molecule has 0 bridgehead atoms. The van der Waals surface area contributed by atoms with Crippen LogP contribution in [0.25, 0.3) is 11.0 Å². The molecule has 2 aromatic rings. The summed E-state index contributed by atoms with van der Waals surface area (Å²) in [6, 6.07) is 7.86. The summed E-state index contributed by atoms with van der Waals surface area (Å²) in [5.74, 6) is 0.144. The predicted molar refractivity (Wildman–Crippen MR) is 74.7 cm³/mol. The lowest BCUT2D eigenvalue weighted by Gasteiger charge is -2.11. The third-order valence-electron chi connectivity index (χ3n) is 3.72. The van der Waals surface area contributed by atoms with Gasteiger partial charge in [-0.2, -0.15) is 0 Å². The van der Waals surface area contributed by atoms with Crippen LogP contribution in [-0.4, -0.2) is 33.3 Å². The molecule has 1 saturated heterocycles. The van der Waals surface area contributed by atoms with Gasteiger partial charge >= 0.3 is 5.97 Å². The van der Waals surface area contributed by atoms with Crippen molar-refractivity contribution in [3.05, 3.63) is 30.1 Å². The van der Waals surface area contributed by atoms with Crippen LogP contribution in [0.2, 0.25) is 0 Å². The molecule has 3 rings (SSSR count). The molecule has 1 atom stereocenters. The number of aliphatic carboxylic acids is 1. The molecule has 0 amide bonds. The summed E-state index contributed by atoms with van der Waals surface area (Å²) in [5, 5.41) is 8.90. The quantitative estimate of drug-likeness (QED) is 0.908. The molecule has 1 aliphatic heterocycles. The van der Waals surface area contributed by atoms with Crippen molar-refractivity contribution in [2.24, 2.45) is 0 Å². The van der Waals surface area contributed by atoms with Crippen molar-refractivity contribution < 1.29 is 14.6 Å². The second kappa shape index (κ2) is 5.63. The minimum atomic E-state index is -0.786. The third kappa shape index (κ3) is 2.67. The smallest absolute Gasteiger partial charge is 0.305 e. The number of carbonyl (C=O) groups is 1. The highest BCUT2D eigenvalue weighted by atomic mass is 16.5. The van der Waals surface area contributed by atoms with Crippen LogP contribution >= 0.6 is 0 Å². The highest BCUT2D eigenvalue weighted by Crippen LogP contribution is 2.21. The van der Waals surface area contributed by atoms with Gasteiger partial charge in [-0.25, -0.2) is 4.98 Å². The number of carboxylic acid groups (broad SMARTS) is 1. The van der Waals surface area contributed by atoms with Gasteiger partial charge in [0.15, 0.2) is 0 Å². The predicted octanol–water partition coefficient (Wildman–Crippen LogP) is 2.23. The zero-order chi connectivity index (χ0) is 13.9. The van der Waals surface area contributed by atoms with E-state index in [1.165, 1.54) is 0 Å². The van der Waals surface area contributed by atoms with Gasteiger partial charge < -0.3 is 14.4 Å². The van der Waals surface area contributed by atoms with Gasteiger partial charge in [0, 0.05) is 19.6 Å². The average Bonchev–Trinajstić information content (AvgIpc) is 3.04. The van der Waals surface area contributed by atoms with Crippen LogP contribution in [0.5, 0.6) is 0 Å². The lowest BCUT2D eigenvalue weighted by Crippen LogP contribution is -2.15. The zero-order valence-electron chi connectivity index (χ0n) is 11.3. The van der Waals surface area contributed by atoms with Gasteiger partial charge in [-0.3, -0.25) is 4.79 Å². The van der Waals surface area contributed by atoms with E-state index in [2.05, 4.69) is 4.98 Å². The van der Waals surface area contributed by atoms with Crippen LogP contribution in [0.1, 0.15) is 25.1 Å². The van der Waals surface area contributed by atoms with E-state index >= 15 is 0 Å². The van der Waals surface area contributed by atoms with E-state index in [4.69, 9.17) is 9.84 Å². The van der Waals surface area contributed by atoms with Gasteiger partial charge in [-0.15, -0.1) is 0 Å². The SMILES string of the molecule is O=C(O)CCn1c(CC2CCCO2)nc2ccccc21. The molecular formula is C15H18N2O3. The number of benzene rings is 1. The standard InChI is InChI=1S/C15H18N2O3/c18-15(19)7-8-17-13-6-2-1-5-12(13)16-14(17)10-11-4-3-9-20-11/h1-2,5-6,11H,3-4,7-10H2,(H,18,19). The summed E-state index contributed by atoms with van der Waals surface area (Å²) in [6.45, 7) is 1.28. The van der Waals surface area contributed by atoms with Gasteiger partial charge in [0.25, 0.3) is 0 Å². The van der Waals surface area contributed by atoms with E-state index in [1.807, 2.05) is 28.8 Å². The summed E-state index contributed by atoms with van der Waals surface area (Å²) in [6.07, 6.45) is 3.24. The number of para-hydroxylation sites is 2. The molecule has 1 aromatic heterocycles. The fourth-order valence-electron chi connectivity index (χ4n) is 2.75. The minimum Gasteiger partial charge on any atom is -0.481 e. The Labute approximate surface area is 117 Å². The fraction of sp³-hybridized carbons (Fsp3) is 0.467. The number of rotatable bonds is 5. The number of carboxylic acids is 1. The summed E-state index contributed by atoms with van der Waals surface area (Å²) >= 11 is 0. The normalized spacial score (nSPS) is 18.7. The monoisotopic (exact) mass is 274 g/mol. The van der Waals surface area contributed by atoms with Crippen molar-refractivity contribution in [3.63, 3.8) is 0 Å². The van der Waals surface area contributed by atoms with Crippen molar-refractivity contribution in [1.29, 1.82) is 0 Å². The van der Waals surface area contributed by atoms with Crippen molar-refractivity contribution in [2.45, 2.75) is 38.3 Å². The molecule has 5 heteroatoms. The molecule has 0 aliphatic carbocycles. The van der Waals surface area contributed by atoms with E-state index in [1.54, 1.807) is 0 Å².